The van der Waals surface area contributed by atoms with Crippen molar-refractivity contribution in [2.24, 2.45) is 0 Å². The molecule has 5 nitrogen and oxygen atoms in total. The number of hydrogen-bond donors (Lipinski definition) is 1. The average Bonchev–Trinajstić information content (AvgIpc) is 2.88. The molecule has 1 atom stereocenters. The number of ether oxygens (including phenoxy) is 1. The van der Waals surface area contributed by atoms with Gasteiger partial charge >= 0.3 is 0 Å². The van der Waals surface area contributed by atoms with Crippen LogP contribution >= 0.6 is 0 Å². The normalized spacial score (nSPS) is 11.5. The monoisotopic (exact) mass is 472 g/mol. The van der Waals surface area contributed by atoms with Crippen LogP contribution in [0.3, 0.4) is 0 Å². The van der Waals surface area contributed by atoms with Crippen molar-refractivity contribution < 1.29 is 14.3 Å². The van der Waals surface area contributed by atoms with Crippen LogP contribution in [0.4, 0.5) is 0 Å². The molecule has 0 saturated heterocycles. The number of nitrogens with zero attached hydrogens (tertiary/aromatic N) is 1. The minimum absolute atomic E-state index is 0.0456. The van der Waals surface area contributed by atoms with Gasteiger partial charge in [0.25, 0.3) is 0 Å². The SMILES string of the molecule is CCCNC(=O)C(Cc1ccccc1)N(Cc1cccc(C)c1)C(=O)CCCOc1ccccc1. The van der Waals surface area contributed by atoms with E-state index in [1.54, 1.807) is 4.90 Å². The maximum Gasteiger partial charge on any atom is 0.243 e. The fourth-order valence-electron chi connectivity index (χ4n) is 4.00. The summed E-state index contributed by atoms with van der Waals surface area (Å²) in [5.41, 5.74) is 3.17. The van der Waals surface area contributed by atoms with Crippen LogP contribution in [-0.4, -0.2) is 35.9 Å². The molecular formula is C30H36N2O3. The highest BCUT2D eigenvalue weighted by Crippen LogP contribution is 2.17. The molecule has 0 saturated carbocycles. The van der Waals surface area contributed by atoms with Crippen molar-refractivity contribution in [1.82, 2.24) is 10.2 Å². The average molecular weight is 473 g/mol. The van der Waals surface area contributed by atoms with Crippen molar-refractivity contribution >= 4 is 11.8 Å². The third kappa shape index (κ3) is 8.60. The molecule has 0 aliphatic heterocycles. The van der Waals surface area contributed by atoms with Crippen molar-refractivity contribution in [2.75, 3.05) is 13.2 Å². The first-order valence-electron chi connectivity index (χ1n) is 12.4. The number of hydrogen-bond acceptors (Lipinski definition) is 3. The Hall–Kier alpha value is -3.60. The lowest BCUT2D eigenvalue weighted by Crippen LogP contribution is -2.50. The predicted molar refractivity (Wildman–Crippen MR) is 140 cm³/mol. The maximum absolute atomic E-state index is 13.5. The number of nitrogens with one attached hydrogen (secondary N) is 1. The summed E-state index contributed by atoms with van der Waals surface area (Å²) in [4.78, 5) is 28.6. The van der Waals surface area contributed by atoms with Gasteiger partial charge in [0.1, 0.15) is 11.8 Å². The van der Waals surface area contributed by atoms with E-state index in [9.17, 15) is 9.59 Å². The summed E-state index contributed by atoms with van der Waals surface area (Å²) in [6.07, 6.45) is 2.19. The van der Waals surface area contributed by atoms with Crippen LogP contribution in [-0.2, 0) is 22.6 Å². The standard InChI is InChI=1S/C30H36N2O3/c1-3-19-31-30(34)28(22-25-13-6-4-7-14-25)32(23-26-15-10-12-24(2)21-26)29(33)18-11-20-35-27-16-8-5-9-17-27/h4-10,12-17,21,28H,3,11,18-20,22-23H2,1-2H3,(H,31,34). The Kier molecular flexibility index (Phi) is 10.4. The van der Waals surface area contributed by atoms with Crippen molar-refractivity contribution in [3.05, 3.63) is 102 Å². The first-order valence-corrected chi connectivity index (χ1v) is 12.4. The van der Waals surface area contributed by atoms with Crippen molar-refractivity contribution in [3.63, 3.8) is 0 Å². The summed E-state index contributed by atoms with van der Waals surface area (Å²) in [5, 5.41) is 3.02. The van der Waals surface area contributed by atoms with E-state index in [1.165, 1.54) is 0 Å². The van der Waals surface area contributed by atoms with E-state index in [0.29, 0.717) is 39.0 Å². The van der Waals surface area contributed by atoms with Gasteiger partial charge in [-0.1, -0.05) is 85.3 Å². The van der Waals surface area contributed by atoms with Gasteiger partial charge in [0.15, 0.2) is 0 Å². The number of amides is 2. The van der Waals surface area contributed by atoms with E-state index >= 15 is 0 Å². The topological polar surface area (TPSA) is 58.6 Å². The second kappa shape index (κ2) is 14.0. The highest BCUT2D eigenvalue weighted by Gasteiger charge is 2.30. The van der Waals surface area contributed by atoms with E-state index in [-0.39, 0.29) is 11.8 Å². The molecule has 0 aliphatic carbocycles. The quantitative estimate of drug-likeness (QED) is 0.343. The molecule has 3 aromatic carbocycles. The molecule has 5 heteroatoms. The molecular weight excluding hydrogens is 436 g/mol. The van der Waals surface area contributed by atoms with Crippen LogP contribution in [0.2, 0.25) is 0 Å². The molecule has 184 valence electrons. The van der Waals surface area contributed by atoms with E-state index in [0.717, 1.165) is 28.9 Å². The lowest BCUT2D eigenvalue weighted by atomic mass is 10.0. The largest absolute Gasteiger partial charge is 0.494 e. The molecule has 3 rings (SSSR count). The smallest absolute Gasteiger partial charge is 0.243 e. The van der Waals surface area contributed by atoms with Gasteiger partial charge in [0.05, 0.1) is 6.61 Å². The third-order valence-corrected chi connectivity index (χ3v) is 5.80. The first kappa shape index (κ1) is 26.0. The third-order valence-electron chi connectivity index (χ3n) is 5.80. The summed E-state index contributed by atoms with van der Waals surface area (Å²) in [5.74, 6) is 0.630. The number of carbonyl (C=O) groups is 2. The van der Waals surface area contributed by atoms with E-state index in [1.807, 2.05) is 92.7 Å². The zero-order chi connectivity index (χ0) is 24.9. The zero-order valence-corrected chi connectivity index (χ0v) is 20.8. The molecule has 2 amide bonds. The molecule has 3 aromatic rings. The van der Waals surface area contributed by atoms with Crippen LogP contribution in [0.5, 0.6) is 5.75 Å². The van der Waals surface area contributed by atoms with Gasteiger partial charge in [-0.15, -0.1) is 0 Å². The van der Waals surface area contributed by atoms with E-state index in [4.69, 9.17) is 4.74 Å². The first-order chi connectivity index (χ1) is 17.1. The Labute approximate surface area is 209 Å². The molecule has 0 aliphatic rings. The van der Waals surface area contributed by atoms with Crippen LogP contribution in [0, 0.1) is 6.92 Å². The van der Waals surface area contributed by atoms with E-state index in [2.05, 4.69) is 11.4 Å². The highest BCUT2D eigenvalue weighted by molar-refractivity contribution is 5.88. The predicted octanol–water partition coefficient (Wildman–Crippen LogP) is 5.32. The van der Waals surface area contributed by atoms with Crippen LogP contribution in [0.1, 0.15) is 42.9 Å². The van der Waals surface area contributed by atoms with Gasteiger partial charge in [-0.25, -0.2) is 0 Å². The fourth-order valence-corrected chi connectivity index (χ4v) is 4.00. The summed E-state index contributed by atoms with van der Waals surface area (Å²) in [6.45, 7) is 5.47. The number of rotatable bonds is 13. The molecule has 35 heavy (non-hydrogen) atoms. The molecule has 1 unspecified atom stereocenters. The minimum atomic E-state index is -0.591. The second-order valence-corrected chi connectivity index (χ2v) is 8.77. The van der Waals surface area contributed by atoms with Crippen LogP contribution < -0.4 is 10.1 Å². The Bertz CT molecular complexity index is 1050. The Morgan fingerprint density at radius 3 is 2.29 bits per heavy atom. The Balaban J connectivity index is 1.78. The lowest BCUT2D eigenvalue weighted by Gasteiger charge is -2.31. The molecule has 0 heterocycles. The van der Waals surface area contributed by atoms with Crippen LogP contribution in [0.15, 0.2) is 84.9 Å². The fraction of sp³-hybridized carbons (Fsp3) is 0.333. The van der Waals surface area contributed by atoms with E-state index < -0.39 is 6.04 Å². The lowest BCUT2D eigenvalue weighted by molar-refractivity contribution is -0.141. The Morgan fingerprint density at radius 1 is 0.914 bits per heavy atom. The molecule has 0 fully saturated rings. The summed E-state index contributed by atoms with van der Waals surface area (Å²) >= 11 is 0. The van der Waals surface area contributed by atoms with Crippen molar-refractivity contribution in [2.45, 2.75) is 52.1 Å². The molecule has 0 radical (unpaired) electrons. The number of benzene rings is 3. The molecule has 0 bridgehead atoms. The second-order valence-electron chi connectivity index (χ2n) is 8.77. The molecule has 1 N–H and O–H groups in total. The van der Waals surface area contributed by atoms with Gasteiger partial charge in [-0.3, -0.25) is 9.59 Å². The molecule has 0 aromatic heterocycles. The number of carbonyl (C=O) groups excluding carboxylic acids is 2. The summed E-state index contributed by atoms with van der Waals surface area (Å²) in [6, 6.07) is 27.0. The van der Waals surface area contributed by atoms with Crippen molar-refractivity contribution in [3.8, 4) is 5.75 Å². The summed E-state index contributed by atoms with van der Waals surface area (Å²) < 4.78 is 5.78. The van der Waals surface area contributed by atoms with Gasteiger partial charge < -0.3 is 15.0 Å². The maximum atomic E-state index is 13.5. The summed E-state index contributed by atoms with van der Waals surface area (Å²) in [7, 11) is 0. The van der Waals surface area contributed by atoms with Gasteiger partial charge in [-0.05, 0) is 43.0 Å². The number of para-hydroxylation sites is 1. The minimum Gasteiger partial charge on any atom is -0.494 e. The van der Waals surface area contributed by atoms with Crippen molar-refractivity contribution in [1.29, 1.82) is 0 Å². The zero-order valence-electron chi connectivity index (χ0n) is 20.8. The number of aryl methyl sites for hydroxylation is 1. The van der Waals surface area contributed by atoms with Gasteiger partial charge in [-0.2, -0.15) is 0 Å². The van der Waals surface area contributed by atoms with Crippen LogP contribution in [0.25, 0.3) is 0 Å². The Morgan fingerprint density at radius 2 is 1.60 bits per heavy atom. The van der Waals surface area contributed by atoms with Gasteiger partial charge in [0, 0.05) is 25.9 Å². The van der Waals surface area contributed by atoms with Gasteiger partial charge in [0.2, 0.25) is 11.8 Å². The molecule has 0 spiro atoms. The highest BCUT2D eigenvalue weighted by atomic mass is 16.5.